The van der Waals surface area contributed by atoms with Gasteiger partial charge in [0.2, 0.25) is 0 Å². The molecule has 9 heteroatoms. The monoisotopic (exact) mass is 408 g/mol. The normalized spacial score (nSPS) is 11.7. The molecule has 0 saturated carbocycles. The van der Waals surface area contributed by atoms with E-state index in [0.717, 1.165) is 17.7 Å². The SMILES string of the molecule is CCNC(=NCc1cccc(C(F)(F)F)c1)NCc1ccc(NC(=O)OC)cc1. The molecule has 3 N–H and O–H groups in total. The Labute approximate surface area is 167 Å². The summed E-state index contributed by atoms with van der Waals surface area (Å²) in [5.74, 6) is 0.488. The molecule has 0 aromatic heterocycles. The smallest absolute Gasteiger partial charge is 0.416 e. The molecule has 0 aliphatic carbocycles. The zero-order chi connectivity index (χ0) is 21.3. The van der Waals surface area contributed by atoms with Crippen LogP contribution in [-0.4, -0.2) is 25.7 Å². The van der Waals surface area contributed by atoms with Crippen molar-refractivity contribution in [2.45, 2.75) is 26.2 Å². The third-order valence-corrected chi connectivity index (χ3v) is 3.86. The number of nitrogens with zero attached hydrogens (tertiary/aromatic N) is 1. The number of hydrogen-bond donors (Lipinski definition) is 3. The number of anilines is 1. The van der Waals surface area contributed by atoms with Crippen molar-refractivity contribution in [2.24, 2.45) is 4.99 Å². The Bertz CT molecular complexity index is 836. The number of benzene rings is 2. The van der Waals surface area contributed by atoms with E-state index in [1.165, 1.54) is 13.2 Å². The number of carbonyl (C=O) groups is 1. The van der Waals surface area contributed by atoms with Crippen LogP contribution in [0.5, 0.6) is 0 Å². The van der Waals surface area contributed by atoms with Crippen LogP contribution in [-0.2, 0) is 24.0 Å². The van der Waals surface area contributed by atoms with Crippen molar-refractivity contribution in [3.8, 4) is 0 Å². The van der Waals surface area contributed by atoms with E-state index in [1.54, 1.807) is 18.2 Å². The Kier molecular flexibility index (Phi) is 7.88. The Balaban J connectivity index is 1.98. The fraction of sp³-hybridized carbons (Fsp3) is 0.300. The maximum Gasteiger partial charge on any atom is 0.416 e. The molecule has 0 heterocycles. The van der Waals surface area contributed by atoms with Crippen LogP contribution in [0.1, 0.15) is 23.6 Å². The molecular formula is C20H23F3N4O2. The minimum atomic E-state index is -4.38. The molecule has 6 nitrogen and oxygen atoms in total. The van der Waals surface area contributed by atoms with E-state index in [2.05, 4.69) is 25.7 Å². The van der Waals surface area contributed by atoms with Crippen LogP contribution in [0.25, 0.3) is 0 Å². The van der Waals surface area contributed by atoms with Crippen LogP contribution in [0, 0.1) is 0 Å². The summed E-state index contributed by atoms with van der Waals surface area (Å²) in [6, 6.07) is 12.2. The highest BCUT2D eigenvalue weighted by Gasteiger charge is 2.30. The van der Waals surface area contributed by atoms with E-state index in [4.69, 9.17) is 0 Å². The maximum atomic E-state index is 12.8. The van der Waals surface area contributed by atoms with Gasteiger partial charge in [-0.1, -0.05) is 24.3 Å². The lowest BCUT2D eigenvalue weighted by Crippen LogP contribution is -2.36. The number of amides is 1. The van der Waals surface area contributed by atoms with E-state index in [0.29, 0.717) is 30.3 Å². The summed E-state index contributed by atoms with van der Waals surface area (Å²) in [7, 11) is 1.29. The largest absolute Gasteiger partial charge is 0.453 e. The number of carbonyl (C=O) groups excluding carboxylic acids is 1. The summed E-state index contributed by atoms with van der Waals surface area (Å²) in [4.78, 5) is 15.5. The first kappa shape index (κ1) is 22.1. The molecule has 0 aliphatic heterocycles. The summed E-state index contributed by atoms with van der Waals surface area (Å²) in [5.41, 5.74) is 1.31. The summed E-state index contributed by atoms with van der Waals surface area (Å²) in [5, 5.41) is 8.74. The van der Waals surface area contributed by atoms with Gasteiger partial charge in [-0.15, -0.1) is 0 Å². The second-order valence-electron chi connectivity index (χ2n) is 6.06. The van der Waals surface area contributed by atoms with Gasteiger partial charge in [-0.2, -0.15) is 13.2 Å². The number of rotatable bonds is 6. The van der Waals surface area contributed by atoms with E-state index in [1.807, 2.05) is 19.1 Å². The quantitative estimate of drug-likeness (QED) is 0.496. The molecule has 0 fully saturated rings. The molecule has 0 saturated heterocycles. The molecular weight excluding hydrogens is 385 g/mol. The van der Waals surface area contributed by atoms with Gasteiger partial charge in [-0.05, 0) is 42.3 Å². The summed E-state index contributed by atoms with van der Waals surface area (Å²) in [6.07, 6.45) is -4.93. The standard InChI is InChI=1S/C20H23F3N4O2/c1-3-24-18(26-13-15-5-4-6-16(11-15)20(21,22)23)25-12-14-7-9-17(10-8-14)27-19(28)29-2/h4-11H,3,12-13H2,1-2H3,(H,27,28)(H2,24,25,26). The number of aliphatic imine (C=N–C) groups is 1. The predicted molar refractivity (Wildman–Crippen MR) is 106 cm³/mol. The molecule has 1 amide bonds. The Morgan fingerprint density at radius 1 is 1.07 bits per heavy atom. The van der Waals surface area contributed by atoms with E-state index >= 15 is 0 Å². The van der Waals surface area contributed by atoms with Crippen LogP contribution in [0.4, 0.5) is 23.7 Å². The van der Waals surface area contributed by atoms with Crippen LogP contribution >= 0.6 is 0 Å². The fourth-order valence-corrected chi connectivity index (χ4v) is 2.42. The van der Waals surface area contributed by atoms with E-state index in [9.17, 15) is 18.0 Å². The Morgan fingerprint density at radius 2 is 1.79 bits per heavy atom. The topological polar surface area (TPSA) is 74.8 Å². The second-order valence-corrected chi connectivity index (χ2v) is 6.06. The average molecular weight is 408 g/mol. The number of methoxy groups -OCH3 is 1. The van der Waals surface area contributed by atoms with Crippen molar-refractivity contribution >= 4 is 17.7 Å². The zero-order valence-electron chi connectivity index (χ0n) is 16.1. The van der Waals surface area contributed by atoms with Gasteiger partial charge in [-0.25, -0.2) is 9.79 Å². The minimum Gasteiger partial charge on any atom is -0.453 e. The first-order valence-electron chi connectivity index (χ1n) is 8.94. The van der Waals surface area contributed by atoms with Crippen LogP contribution in [0.3, 0.4) is 0 Å². The van der Waals surface area contributed by atoms with Crippen molar-refractivity contribution in [3.63, 3.8) is 0 Å². The Morgan fingerprint density at radius 3 is 2.41 bits per heavy atom. The highest BCUT2D eigenvalue weighted by Crippen LogP contribution is 2.29. The maximum absolute atomic E-state index is 12.8. The molecule has 0 atom stereocenters. The number of hydrogen-bond acceptors (Lipinski definition) is 3. The van der Waals surface area contributed by atoms with Crippen molar-refractivity contribution < 1.29 is 22.7 Å². The third-order valence-electron chi connectivity index (χ3n) is 3.86. The lowest BCUT2D eigenvalue weighted by atomic mass is 10.1. The number of guanidine groups is 1. The zero-order valence-corrected chi connectivity index (χ0v) is 16.1. The van der Waals surface area contributed by atoms with Gasteiger partial charge in [-0.3, -0.25) is 5.32 Å². The van der Waals surface area contributed by atoms with E-state index < -0.39 is 17.8 Å². The molecule has 0 aliphatic rings. The van der Waals surface area contributed by atoms with Crippen LogP contribution in [0.15, 0.2) is 53.5 Å². The van der Waals surface area contributed by atoms with Gasteiger partial charge in [0.15, 0.2) is 5.96 Å². The van der Waals surface area contributed by atoms with Crippen molar-refractivity contribution in [2.75, 3.05) is 19.0 Å². The number of alkyl halides is 3. The predicted octanol–water partition coefficient (Wildman–Crippen LogP) is 4.14. The molecule has 0 radical (unpaired) electrons. The number of halogens is 3. The molecule has 2 rings (SSSR count). The molecule has 2 aromatic carbocycles. The van der Waals surface area contributed by atoms with Gasteiger partial charge in [0.1, 0.15) is 0 Å². The second kappa shape index (κ2) is 10.4. The van der Waals surface area contributed by atoms with Crippen molar-refractivity contribution in [3.05, 3.63) is 65.2 Å². The minimum absolute atomic E-state index is 0.112. The molecule has 0 bridgehead atoms. The van der Waals surface area contributed by atoms with Gasteiger partial charge < -0.3 is 15.4 Å². The highest BCUT2D eigenvalue weighted by molar-refractivity contribution is 5.84. The number of ether oxygens (including phenoxy) is 1. The van der Waals surface area contributed by atoms with Crippen LogP contribution in [0.2, 0.25) is 0 Å². The molecule has 156 valence electrons. The van der Waals surface area contributed by atoms with Gasteiger partial charge >= 0.3 is 12.3 Å². The van der Waals surface area contributed by atoms with Crippen molar-refractivity contribution in [1.82, 2.24) is 10.6 Å². The lowest BCUT2D eigenvalue weighted by molar-refractivity contribution is -0.137. The first-order chi connectivity index (χ1) is 13.8. The molecule has 0 unspecified atom stereocenters. The van der Waals surface area contributed by atoms with Gasteiger partial charge in [0.05, 0.1) is 19.2 Å². The summed E-state index contributed by atoms with van der Waals surface area (Å²) in [6.45, 7) is 3.07. The molecule has 2 aromatic rings. The van der Waals surface area contributed by atoms with Crippen molar-refractivity contribution in [1.29, 1.82) is 0 Å². The van der Waals surface area contributed by atoms with Gasteiger partial charge in [0, 0.05) is 18.8 Å². The fourth-order valence-electron chi connectivity index (χ4n) is 2.42. The molecule has 0 spiro atoms. The summed E-state index contributed by atoms with van der Waals surface area (Å²) >= 11 is 0. The van der Waals surface area contributed by atoms with Crippen LogP contribution < -0.4 is 16.0 Å². The van der Waals surface area contributed by atoms with Gasteiger partial charge in [0.25, 0.3) is 0 Å². The first-order valence-corrected chi connectivity index (χ1v) is 8.94. The average Bonchev–Trinajstić information content (AvgIpc) is 2.70. The Hall–Kier alpha value is -3.23. The number of nitrogens with one attached hydrogen (secondary N) is 3. The summed E-state index contributed by atoms with van der Waals surface area (Å²) < 4.78 is 43.0. The third kappa shape index (κ3) is 7.36. The van der Waals surface area contributed by atoms with E-state index in [-0.39, 0.29) is 6.54 Å². The highest BCUT2D eigenvalue weighted by atomic mass is 19.4. The lowest BCUT2D eigenvalue weighted by Gasteiger charge is -2.12. The molecule has 29 heavy (non-hydrogen) atoms.